The Hall–Kier alpha value is -1.50. The lowest BCUT2D eigenvalue weighted by atomic mass is 10.1. The minimum Gasteiger partial charge on any atom is -0.461 e. The van der Waals surface area contributed by atoms with Crippen molar-refractivity contribution in [2.75, 3.05) is 6.61 Å². The minimum absolute atomic E-state index is 0. The summed E-state index contributed by atoms with van der Waals surface area (Å²) in [6.07, 6.45) is -4.06. The molecule has 0 bridgehead atoms. The van der Waals surface area contributed by atoms with Crippen LogP contribution in [0.4, 0.5) is 13.2 Å². The molecular weight excluding hydrogens is 307 g/mol. The first kappa shape index (κ1) is 17.6. The number of aliphatic hydroxyl groups is 1. The molecule has 0 saturated carbocycles. The van der Waals surface area contributed by atoms with Gasteiger partial charge in [0.1, 0.15) is 11.5 Å². The van der Waals surface area contributed by atoms with Gasteiger partial charge in [0.25, 0.3) is 0 Å². The molecule has 0 spiro atoms. The molecule has 0 aliphatic carbocycles. The van der Waals surface area contributed by atoms with E-state index in [-0.39, 0.29) is 19.0 Å². The van der Waals surface area contributed by atoms with Crippen molar-refractivity contribution in [2.45, 2.75) is 18.6 Å². The maximum atomic E-state index is 12.6. The Labute approximate surface area is 126 Å². The van der Waals surface area contributed by atoms with Gasteiger partial charge in [-0.2, -0.15) is 13.2 Å². The molecule has 21 heavy (non-hydrogen) atoms. The molecule has 0 aliphatic heterocycles. The highest BCUT2D eigenvalue weighted by Crippen LogP contribution is 2.32. The van der Waals surface area contributed by atoms with Crippen molar-refractivity contribution < 1.29 is 22.7 Å². The predicted molar refractivity (Wildman–Crippen MR) is 75.2 cm³/mol. The van der Waals surface area contributed by atoms with Gasteiger partial charge in [0.2, 0.25) is 0 Å². The van der Waals surface area contributed by atoms with Crippen molar-refractivity contribution in [2.24, 2.45) is 5.73 Å². The first-order valence-corrected chi connectivity index (χ1v) is 6.03. The molecule has 116 valence electrons. The maximum Gasteiger partial charge on any atom is 0.416 e. The zero-order valence-electron chi connectivity index (χ0n) is 10.9. The summed E-state index contributed by atoms with van der Waals surface area (Å²) in [4.78, 5) is 0. The Balaban J connectivity index is 0.00000220. The molecule has 1 unspecified atom stereocenters. The average Bonchev–Trinajstić information content (AvgIpc) is 2.86. The van der Waals surface area contributed by atoms with Gasteiger partial charge < -0.3 is 15.3 Å². The lowest BCUT2D eigenvalue weighted by Gasteiger charge is -2.07. The number of hydrogen-bond donors (Lipinski definition) is 2. The molecule has 7 heteroatoms. The fraction of sp³-hybridized carbons (Fsp3) is 0.286. The van der Waals surface area contributed by atoms with Crippen molar-refractivity contribution >= 4 is 12.4 Å². The van der Waals surface area contributed by atoms with E-state index in [1.54, 1.807) is 18.2 Å². The molecule has 0 saturated heterocycles. The maximum absolute atomic E-state index is 12.6. The van der Waals surface area contributed by atoms with Crippen molar-refractivity contribution in [1.29, 1.82) is 0 Å². The lowest BCUT2D eigenvalue weighted by Crippen LogP contribution is -2.26. The second-order valence-corrected chi connectivity index (χ2v) is 4.49. The number of hydrogen-bond acceptors (Lipinski definition) is 3. The summed E-state index contributed by atoms with van der Waals surface area (Å²) < 4.78 is 43.3. The molecule has 1 heterocycles. The van der Waals surface area contributed by atoms with E-state index in [4.69, 9.17) is 15.3 Å². The molecule has 0 radical (unpaired) electrons. The second kappa shape index (κ2) is 6.98. The van der Waals surface area contributed by atoms with Gasteiger partial charge in [-0.3, -0.25) is 0 Å². The van der Waals surface area contributed by atoms with Crippen LogP contribution in [0.15, 0.2) is 40.8 Å². The molecule has 3 N–H and O–H groups in total. The third-order valence-corrected chi connectivity index (χ3v) is 2.83. The summed E-state index contributed by atoms with van der Waals surface area (Å²) >= 11 is 0. The van der Waals surface area contributed by atoms with Crippen molar-refractivity contribution in [3.05, 3.63) is 47.7 Å². The van der Waals surface area contributed by atoms with Crippen LogP contribution >= 0.6 is 12.4 Å². The van der Waals surface area contributed by atoms with Crippen LogP contribution in [0.1, 0.15) is 11.3 Å². The summed E-state index contributed by atoms with van der Waals surface area (Å²) in [7, 11) is 0. The summed E-state index contributed by atoms with van der Waals surface area (Å²) in [5, 5.41) is 8.85. The molecule has 0 aliphatic rings. The van der Waals surface area contributed by atoms with Gasteiger partial charge in [-0.1, -0.05) is 12.1 Å². The SMILES string of the molecule is Cl.NC(CO)Cc1ccc(-c2cccc(C(F)(F)F)c2)o1. The van der Waals surface area contributed by atoms with E-state index in [1.807, 2.05) is 0 Å². The quantitative estimate of drug-likeness (QED) is 0.908. The molecule has 0 fully saturated rings. The van der Waals surface area contributed by atoms with Gasteiger partial charge in [-0.05, 0) is 24.3 Å². The van der Waals surface area contributed by atoms with E-state index in [0.717, 1.165) is 12.1 Å². The van der Waals surface area contributed by atoms with E-state index in [2.05, 4.69) is 0 Å². The highest BCUT2D eigenvalue weighted by Gasteiger charge is 2.30. The zero-order valence-corrected chi connectivity index (χ0v) is 11.7. The number of alkyl halides is 3. The van der Waals surface area contributed by atoms with Gasteiger partial charge >= 0.3 is 6.18 Å². The fourth-order valence-electron chi connectivity index (χ4n) is 1.81. The molecule has 1 aromatic heterocycles. The number of rotatable bonds is 4. The van der Waals surface area contributed by atoms with Crippen molar-refractivity contribution in [1.82, 2.24) is 0 Å². The molecule has 1 aromatic carbocycles. The predicted octanol–water partition coefficient (Wildman–Crippen LogP) is 3.25. The van der Waals surface area contributed by atoms with Crippen LogP contribution in [-0.2, 0) is 12.6 Å². The normalized spacial score (nSPS) is 12.8. The summed E-state index contributed by atoms with van der Waals surface area (Å²) in [5.41, 5.74) is 5.20. The summed E-state index contributed by atoms with van der Waals surface area (Å²) in [6.45, 7) is -0.181. The average molecular weight is 322 g/mol. The standard InChI is InChI=1S/C14H14F3NO2.ClH/c15-14(16,17)10-3-1-2-9(6-10)13-5-4-12(20-13)7-11(18)8-19;/h1-6,11,19H,7-8,18H2;1H. The number of aliphatic hydroxyl groups excluding tert-OH is 1. The summed E-state index contributed by atoms with van der Waals surface area (Å²) in [5.74, 6) is 0.871. The number of benzene rings is 1. The fourth-order valence-corrected chi connectivity index (χ4v) is 1.81. The van der Waals surface area contributed by atoms with Crippen molar-refractivity contribution in [3.8, 4) is 11.3 Å². The smallest absolute Gasteiger partial charge is 0.416 e. The summed E-state index contributed by atoms with van der Waals surface area (Å²) in [6, 6.07) is 7.71. The van der Waals surface area contributed by atoms with Crippen LogP contribution in [0.25, 0.3) is 11.3 Å². The topological polar surface area (TPSA) is 59.4 Å². The number of halogens is 4. The third-order valence-electron chi connectivity index (χ3n) is 2.83. The van der Waals surface area contributed by atoms with Crippen LogP contribution in [0.2, 0.25) is 0 Å². The minimum atomic E-state index is -4.38. The molecule has 2 rings (SSSR count). The molecule has 2 aromatic rings. The van der Waals surface area contributed by atoms with E-state index >= 15 is 0 Å². The van der Waals surface area contributed by atoms with E-state index < -0.39 is 17.8 Å². The second-order valence-electron chi connectivity index (χ2n) is 4.49. The highest BCUT2D eigenvalue weighted by molar-refractivity contribution is 5.85. The molecule has 0 amide bonds. The van der Waals surface area contributed by atoms with Crippen LogP contribution in [0.5, 0.6) is 0 Å². The molecule has 3 nitrogen and oxygen atoms in total. The Morgan fingerprint density at radius 1 is 1.19 bits per heavy atom. The van der Waals surface area contributed by atoms with Crippen molar-refractivity contribution in [3.63, 3.8) is 0 Å². The molecular formula is C14H15ClF3NO2. The van der Waals surface area contributed by atoms with E-state index in [1.165, 1.54) is 6.07 Å². The van der Waals surface area contributed by atoms with Crippen LogP contribution in [0.3, 0.4) is 0 Å². The van der Waals surface area contributed by atoms with Crippen LogP contribution in [-0.4, -0.2) is 17.8 Å². The largest absolute Gasteiger partial charge is 0.461 e. The van der Waals surface area contributed by atoms with E-state index in [0.29, 0.717) is 23.5 Å². The first-order chi connectivity index (χ1) is 9.40. The molecule has 1 atom stereocenters. The highest BCUT2D eigenvalue weighted by atomic mass is 35.5. The van der Waals surface area contributed by atoms with Gasteiger partial charge in [0.15, 0.2) is 0 Å². The monoisotopic (exact) mass is 321 g/mol. The Morgan fingerprint density at radius 2 is 1.90 bits per heavy atom. The number of furan rings is 1. The Morgan fingerprint density at radius 3 is 2.52 bits per heavy atom. The van der Waals surface area contributed by atoms with Gasteiger partial charge in [0.05, 0.1) is 12.2 Å². The van der Waals surface area contributed by atoms with E-state index in [9.17, 15) is 13.2 Å². The van der Waals surface area contributed by atoms with Gasteiger partial charge in [0, 0.05) is 18.0 Å². The zero-order chi connectivity index (χ0) is 14.8. The first-order valence-electron chi connectivity index (χ1n) is 6.03. The van der Waals surface area contributed by atoms with Crippen LogP contribution in [0, 0.1) is 0 Å². The van der Waals surface area contributed by atoms with Gasteiger partial charge in [-0.15, -0.1) is 12.4 Å². The van der Waals surface area contributed by atoms with Crippen LogP contribution < -0.4 is 5.73 Å². The Kier molecular flexibility index (Phi) is 5.83. The third kappa shape index (κ3) is 4.49. The number of nitrogens with two attached hydrogens (primary N) is 1. The Bertz CT molecular complexity index is 584. The lowest BCUT2D eigenvalue weighted by molar-refractivity contribution is -0.137. The van der Waals surface area contributed by atoms with Gasteiger partial charge in [-0.25, -0.2) is 0 Å².